The molecule has 1 unspecified atom stereocenters. The fourth-order valence-corrected chi connectivity index (χ4v) is 0. The van der Waals surface area contributed by atoms with Gasteiger partial charge in [0.25, 0.3) is 0 Å². The first-order valence-corrected chi connectivity index (χ1v) is 0. The Morgan fingerprint density at radius 2 is 0.0357 bits per heavy atom. The zero-order valence-corrected chi connectivity index (χ0v) is 190. The van der Waals surface area contributed by atoms with Gasteiger partial charge in [-0.3, -0.25) is 0 Å². The molecule has 0 nitrogen and oxygen atoms in total. The molecule has 0 aromatic carbocycles. The molecule has 0 rings (SSSR count). The summed E-state index contributed by atoms with van der Waals surface area (Å²) in [6.45, 7) is 0. The van der Waals surface area contributed by atoms with Crippen molar-refractivity contribution >= 4 is 9.90 Å². The molecule has 0 heterocycles. The van der Waals surface area contributed by atoms with Crippen LogP contribution in [0.2, 0.25) is 0 Å². The van der Waals surface area contributed by atoms with Crippen molar-refractivity contribution in [1.29, 1.82) is 0 Å². The maximum Gasteiger partial charge on any atom is 0 e. The van der Waals surface area contributed by atoms with Gasteiger partial charge >= 0.3 is 0 Å². The van der Waals surface area contributed by atoms with E-state index in [2.05, 4.69) is 0 Å². The number of hydrogen-bond acceptors (Lipinski definition) is 0. The molecule has 0 bridgehead atoms. The van der Waals surface area contributed by atoms with Gasteiger partial charge in [-0.25, -0.2) is 0 Å². The minimum absolute atomic E-state index is 0. The summed E-state index contributed by atoms with van der Waals surface area (Å²) in [5, 5.41) is 0. The molecule has 0 aliphatic heterocycles. The van der Waals surface area contributed by atoms with Crippen LogP contribution < -0.4 is 0 Å². The molecule has 0 aromatic rings. The van der Waals surface area contributed by atoms with Crippen LogP contribution in [0.3, 0.4) is 0 Å². The maximum atomic E-state index is 0. The third-order valence-electron chi connectivity index (χ3n) is 0. The Labute approximate surface area is 1740 Å². The van der Waals surface area contributed by atoms with Gasteiger partial charge in [-0.05, 0) is 0 Å². The topological polar surface area (TPSA) is 0 Å². The number of rotatable bonds is 0. The second kappa shape index (κ2) is 412. The van der Waals surface area contributed by atoms with E-state index in [1.807, 2.05) is 0 Å². The van der Waals surface area contributed by atoms with Crippen molar-refractivity contribution < 1.29 is 1800 Å². The van der Waals surface area contributed by atoms with Gasteiger partial charge in [0.15, 0.2) is 0 Å². The Kier molecular flexibility index (Phi) is 3110. The Bertz CT molecular complexity index is 7.24. The molecule has 56 heteroatoms. The predicted octanol–water partition coefficient (Wildman–Crippen LogP) is -0.0794. The zero-order valence-electron chi connectivity index (χ0n) is 32.5. The largest absolute Gasteiger partial charge is 0.153 e. The summed E-state index contributed by atoms with van der Waals surface area (Å²) in [7, 11) is 0. The summed E-state index contributed by atoms with van der Waals surface area (Å²) < 4.78 is 0. The van der Waals surface area contributed by atoms with Gasteiger partial charge in [0.05, 0.1) is 0 Å². The SMILES string of the molecule is P.[Y].[Y].[Y].[Y].[Y].[Y].[Y].[Y].[Y].[Y].[Y].[Y].[Y].[Y].[Y].[Y].[Y].[Y].[Y].[Y].[Y].[Y].[Y].[Y].[Y].[Y].[Y].[Y].[Y].[Y].[Y].[Y].[Y].[Y].[Y].[Y].[Y].[Y].[Y].[Y].[Y].[Y].[Y].[Y].[Y].[Y].[Y].[Y].[Y].[Y].[Y].[Y].[Y].[Y].[Y]. The molecule has 0 aromatic heterocycles. The van der Waals surface area contributed by atoms with Crippen molar-refractivity contribution in [3.8, 4) is 0 Å². The van der Waals surface area contributed by atoms with Crippen LogP contribution in [0.15, 0.2) is 0 Å². The first kappa shape index (κ1) is 423. The summed E-state index contributed by atoms with van der Waals surface area (Å²) in [6, 6.07) is 0. The van der Waals surface area contributed by atoms with E-state index in [0.29, 0.717) is 0 Å². The maximum absolute atomic E-state index is 0. The van der Waals surface area contributed by atoms with E-state index in [1.165, 1.54) is 0 Å². The fraction of sp³-hybridized carbons (Fsp3) is 0. The summed E-state index contributed by atoms with van der Waals surface area (Å²) in [6.07, 6.45) is 0. The van der Waals surface area contributed by atoms with Crippen molar-refractivity contribution in [1.82, 2.24) is 0 Å². The zero-order chi connectivity index (χ0) is 0. The van der Waals surface area contributed by atoms with Crippen LogP contribution >= 0.6 is 9.90 Å². The molecule has 0 fully saturated rings. The van der Waals surface area contributed by atoms with E-state index >= 15 is 0 Å². The third kappa shape index (κ3) is 401. The van der Waals surface area contributed by atoms with Crippen LogP contribution in [-0.4, -0.2) is 0 Å². The van der Waals surface area contributed by atoms with Crippen LogP contribution in [0, 0.1) is 0 Å². The molecule has 0 aliphatic carbocycles. The van der Waals surface area contributed by atoms with E-state index in [9.17, 15) is 0 Å². The molecule has 1 atom stereocenters. The van der Waals surface area contributed by atoms with Crippen LogP contribution in [0.5, 0.6) is 0 Å². The van der Waals surface area contributed by atoms with Gasteiger partial charge in [0, 0.05) is 1800 Å². The first-order chi connectivity index (χ1) is 0. The van der Waals surface area contributed by atoms with Gasteiger partial charge in [0.2, 0.25) is 0 Å². The molecule has 0 amide bonds. The van der Waals surface area contributed by atoms with Crippen molar-refractivity contribution in [3.05, 3.63) is 0 Å². The van der Waals surface area contributed by atoms with Gasteiger partial charge in [0.1, 0.15) is 0 Å². The molecule has 55 radical (unpaired) electrons. The van der Waals surface area contributed by atoms with E-state index in [0.717, 1.165) is 0 Å². The van der Waals surface area contributed by atoms with E-state index < -0.39 is 0 Å². The number of hydrogen-bond donors (Lipinski definition) is 0. The van der Waals surface area contributed by atoms with Gasteiger partial charge in [-0.2, -0.15) is 9.90 Å². The van der Waals surface area contributed by atoms with E-state index in [4.69, 9.17) is 0 Å². The normalized spacial score (nSPS) is 0. The second-order valence-electron chi connectivity index (χ2n) is 0. The van der Waals surface area contributed by atoms with E-state index in [-0.39, 0.29) is 1810 Å². The third-order valence-corrected chi connectivity index (χ3v) is 0. The monoisotopic (exact) mass is 4920 g/mol. The summed E-state index contributed by atoms with van der Waals surface area (Å²) >= 11 is 0. The fourth-order valence-electron chi connectivity index (χ4n) is 0. The molecule has 0 saturated carbocycles. The van der Waals surface area contributed by atoms with Crippen LogP contribution in [0.1, 0.15) is 0 Å². The second-order valence-corrected chi connectivity index (χ2v) is 0. The van der Waals surface area contributed by atoms with Crippen molar-refractivity contribution in [2.75, 3.05) is 0 Å². The Balaban J connectivity index is 0. The molecule has 56 heavy (non-hydrogen) atoms. The van der Waals surface area contributed by atoms with E-state index in [1.54, 1.807) is 0 Å². The molecule has 0 aliphatic rings. The average molecular weight is 4920 g/mol. The minimum Gasteiger partial charge on any atom is -0.153 e. The van der Waals surface area contributed by atoms with Gasteiger partial charge < -0.3 is 0 Å². The predicted molar refractivity (Wildman–Crippen MR) is 11.1 cm³/mol. The van der Waals surface area contributed by atoms with Crippen molar-refractivity contribution in [3.63, 3.8) is 0 Å². The first-order valence-electron chi connectivity index (χ1n) is 0. The summed E-state index contributed by atoms with van der Waals surface area (Å²) in [4.78, 5) is 0. The standard InChI is InChI=1S/H3P.55Y/h1H3;;;;;;;;;;;;;;;;;;;;;;;;;;;;;;;;;;;;;;;;;;;;;;;;;;;;;;;. The van der Waals surface area contributed by atoms with Gasteiger partial charge in [-0.15, -0.1) is 0 Å². The van der Waals surface area contributed by atoms with Crippen LogP contribution in [0.25, 0.3) is 0 Å². The summed E-state index contributed by atoms with van der Waals surface area (Å²) in [5.74, 6) is 0. The smallest absolute Gasteiger partial charge is 0 e. The molecule has 0 spiro atoms. The molecular weight excluding hydrogens is 4920 g/mol. The molecular formula is H3PY55. The van der Waals surface area contributed by atoms with Crippen molar-refractivity contribution in [2.24, 2.45) is 0 Å². The Hall–Kier alpha value is 61.1. The quantitative estimate of drug-likeness (QED) is 0.299. The average Bonchev–Trinajstić information content (AvgIpc) is 0. The molecule has 0 N–H and O–H groups in total. The van der Waals surface area contributed by atoms with Crippen LogP contribution in [-0.2, 0) is 1800 Å². The summed E-state index contributed by atoms with van der Waals surface area (Å²) in [5.41, 5.74) is 0. The molecule has 173 valence electrons. The minimum atomic E-state index is 0. The van der Waals surface area contributed by atoms with Crippen molar-refractivity contribution in [2.45, 2.75) is 0 Å². The molecule has 0 saturated heterocycles. The Morgan fingerprint density at radius 3 is 0.0357 bits per heavy atom. The van der Waals surface area contributed by atoms with Crippen LogP contribution in [0.4, 0.5) is 0 Å². The van der Waals surface area contributed by atoms with Gasteiger partial charge in [-0.1, -0.05) is 0 Å². The Morgan fingerprint density at radius 1 is 0.0357 bits per heavy atom.